The van der Waals surface area contributed by atoms with Crippen molar-refractivity contribution >= 4 is 29.0 Å². The first kappa shape index (κ1) is 16.8. The Balaban J connectivity index is 3.52. The summed E-state index contributed by atoms with van der Waals surface area (Å²) in [6.07, 6.45) is 0.668. The highest BCUT2D eigenvalue weighted by molar-refractivity contribution is 7.80. The second kappa shape index (κ2) is 9.78. The number of ether oxygens (including phenoxy) is 1. The Morgan fingerprint density at radius 2 is 1.89 bits per heavy atom. The van der Waals surface area contributed by atoms with Gasteiger partial charge in [0, 0.05) is 19.8 Å². The average Bonchev–Trinajstić information content (AvgIpc) is 2.29. The van der Waals surface area contributed by atoms with Crippen LogP contribution in [0.2, 0.25) is 0 Å². The van der Waals surface area contributed by atoms with E-state index in [4.69, 9.17) is 10.5 Å². The van der Waals surface area contributed by atoms with Crippen LogP contribution in [-0.4, -0.2) is 43.1 Å². The van der Waals surface area contributed by atoms with Crippen molar-refractivity contribution in [3.8, 4) is 0 Å². The molecule has 6 nitrogen and oxygen atoms in total. The fraction of sp³-hybridized carbons (Fsp3) is 0.727. The van der Waals surface area contributed by atoms with E-state index in [9.17, 15) is 9.59 Å². The second-order valence-electron chi connectivity index (χ2n) is 4.23. The van der Waals surface area contributed by atoms with Crippen LogP contribution in [0.15, 0.2) is 0 Å². The molecule has 0 saturated carbocycles. The van der Waals surface area contributed by atoms with Crippen molar-refractivity contribution in [1.82, 2.24) is 10.6 Å². The minimum atomic E-state index is -0.731. The predicted molar refractivity (Wildman–Crippen MR) is 73.1 cm³/mol. The molecule has 0 aromatic carbocycles. The molecule has 0 bridgehead atoms. The lowest BCUT2D eigenvalue weighted by molar-refractivity contribution is -0.139. The third-order valence-electron chi connectivity index (χ3n) is 1.83. The molecule has 0 aliphatic rings. The summed E-state index contributed by atoms with van der Waals surface area (Å²) in [6.45, 7) is 5.81. The Morgan fingerprint density at radius 3 is 2.44 bits per heavy atom. The summed E-state index contributed by atoms with van der Waals surface area (Å²) in [5.41, 5.74) is 5.19. The average molecular weight is 275 g/mol. The molecule has 0 rings (SSSR count). The Kier molecular flexibility index (Phi) is 9.13. The van der Waals surface area contributed by atoms with Gasteiger partial charge in [-0.15, -0.1) is 0 Å². The van der Waals surface area contributed by atoms with Crippen LogP contribution in [0.3, 0.4) is 0 Å². The Labute approximate surface area is 113 Å². The van der Waals surface area contributed by atoms with Crippen molar-refractivity contribution in [2.45, 2.75) is 20.3 Å². The molecule has 0 atom stereocenters. The van der Waals surface area contributed by atoms with Crippen LogP contribution in [-0.2, 0) is 14.3 Å². The van der Waals surface area contributed by atoms with E-state index in [0.29, 0.717) is 32.1 Å². The number of nitrogens with two attached hydrogens (primary N) is 1. The van der Waals surface area contributed by atoms with E-state index in [0.717, 1.165) is 0 Å². The molecule has 0 spiro atoms. The Morgan fingerprint density at radius 1 is 1.28 bits per heavy atom. The lowest BCUT2D eigenvalue weighted by atomic mass is 10.2. The summed E-state index contributed by atoms with van der Waals surface area (Å²) in [5.74, 6) is -0.925. The quantitative estimate of drug-likeness (QED) is 0.317. The molecule has 4 N–H and O–H groups in total. The molecule has 2 amide bonds. The molecular weight excluding hydrogens is 254 g/mol. The fourth-order valence-electron chi connectivity index (χ4n) is 1.02. The largest absolute Gasteiger partial charge is 0.392 e. The van der Waals surface area contributed by atoms with Gasteiger partial charge in [0.25, 0.3) is 0 Å². The van der Waals surface area contributed by atoms with Gasteiger partial charge < -0.3 is 21.1 Å². The van der Waals surface area contributed by atoms with Gasteiger partial charge in [-0.1, -0.05) is 26.1 Å². The number of carbonyl (C=O) groups is 2. The minimum absolute atomic E-state index is 0.0269. The van der Waals surface area contributed by atoms with E-state index in [2.05, 4.69) is 36.7 Å². The maximum Gasteiger partial charge on any atom is 0.309 e. The van der Waals surface area contributed by atoms with E-state index in [1.165, 1.54) is 0 Å². The van der Waals surface area contributed by atoms with Crippen LogP contribution in [0.1, 0.15) is 20.3 Å². The van der Waals surface area contributed by atoms with Crippen molar-refractivity contribution in [3.63, 3.8) is 0 Å². The van der Waals surface area contributed by atoms with Gasteiger partial charge in [-0.05, 0) is 12.3 Å². The second-order valence-corrected chi connectivity index (χ2v) is 4.75. The van der Waals surface area contributed by atoms with E-state index in [1.807, 2.05) is 0 Å². The van der Waals surface area contributed by atoms with Gasteiger partial charge in [-0.2, -0.15) is 0 Å². The third kappa shape index (κ3) is 9.98. The van der Waals surface area contributed by atoms with Gasteiger partial charge in [0.15, 0.2) is 0 Å². The third-order valence-corrected chi connectivity index (χ3v) is 1.98. The number of nitrogens with one attached hydrogen (secondary N) is 2. The van der Waals surface area contributed by atoms with Crippen molar-refractivity contribution in [3.05, 3.63) is 0 Å². The summed E-state index contributed by atoms with van der Waals surface area (Å²) in [7, 11) is 0. The molecule has 0 saturated heterocycles. The van der Waals surface area contributed by atoms with Crippen molar-refractivity contribution in [1.29, 1.82) is 0 Å². The fourth-order valence-corrected chi connectivity index (χ4v) is 1.10. The summed E-state index contributed by atoms with van der Waals surface area (Å²) in [5, 5.41) is 4.78. The molecule has 0 unspecified atom stereocenters. The monoisotopic (exact) mass is 275 g/mol. The topological polar surface area (TPSA) is 93.4 Å². The summed E-state index contributed by atoms with van der Waals surface area (Å²) < 4.78 is 5.33. The SMILES string of the molecule is CC(C)COCCCNC(=O)C(=O)NCC(N)=S. The molecule has 0 fully saturated rings. The molecule has 0 heterocycles. The number of thiocarbonyl (C=S) groups is 1. The molecule has 18 heavy (non-hydrogen) atoms. The van der Waals surface area contributed by atoms with Crippen LogP contribution in [0.25, 0.3) is 0 Å². The lowest BCUT2D eigenvalue weighted by Gasteiger charge is -2.07. The van der Waals surface area contributed by atoms with Crippen LogP contribution < -0.4 is 16.4 Å². The zero-order valence-corrected chi connectivity index (χ0v) is 11.6. The molecular formula is C11H21N3O3S. The van der Waals surface area contributed by atoms with E-state index in [-0.39, 0.29) is 11.5 Å². The Hall–Kier alpha value is -1.21. The first-order valence-electron chi connectivity index (χ1n) is 5.85. The van der Waals surface area contributed by atoms with Crippen molar-refractivity contribution in [2.24, 2.45) is 11.7 Å². The molecule has 0 aromatic heterocycles. The lowest BCUT2D eigenvalue weighted by Crippen LogP contribution is -2.43. The van der Waals surface area contributed by atoms with Gasteiger partial charge in [0.05, 0.1) is 11.5 Å². The molecule has 7 heteroatoms. The van der Waals surface area contributed by atoms with Gasteiger partial charge >= 0.3 is 11.8 Å². The van der Waals surface area contributed by atoms with Crippen LogP contribution >= 0.6 is 12.2 Å². The van der Waals surface area contributed by atoms with Crippen molar-refractivity contribution < 1.29 is 14.3 Å². The zero-order chi connectivity index (χ0) is 14.0. The first-order chi connectivity index (χ1) is 8.43. The first-order valence-corrected chi connectivity index (χ1v) is 6.26. The smallest absolute Gasteiger partial charge is 0.309 e. The van der Waals surface area contributed by atoms with Gasteiger partial charge in [0.2, 0.25) is 0 Å². The normalized spacial score (nSPS) is 10.2. The number of amides is 2. The highest BCUT2D eigenvalue weighted by Gasteiger charge is 2.11. The van der Waals surface area contributed by atoms with Crippen LogP contribution in [0.5, 0.6) is 0 Å². The number of hydrogen-bond donors (Lipinski definition) is 3. The van der Waals surface area contributed by atoms with Gasteiger partial charge in [-0.25, -0.2) is 0 Å². The Bertz CT molecular complexity index is 295. The standard InChI is InChI=1S/C11H21N3O3S/c1-8(2)7-17-5-3-4-13-10(15)11(16)14-6-9(12)18/h8H,3-7H2,1-2H3,(H2,12,18)(H,13,15)(H,14,16). The molecule has 0 aromatic rings. The highest BCUT2D eigenvalue weighted by atomic mass is 32.1. The number of carbonyl (C=O) groups excluding carboxylic acids is 2. The summed E-state index contributed by atoms with van der Waals surface area (Å²) in [6, 6.07) is 0. The molecule has 104 valence electrons. The van der Waals surface area contributed by atoms with Gasteiger partial charge in [-0.3, -0.25) is 9.59 Å². The summed E-state index contributed by atoms with van der Waals surface area (Å²) >= 11 is 4.57. The van der Waals surface area contributed by atoms with Crippen LogP contribution in [0.4, 0.5) is 0 Å². The highest BCUT2D eigenvalue weighted by Crippen LogP contribution is 1.92. The molecule has 0 radical (unpaired) electrons. The predicted octanol–water partition coefficient (Wildman–Crippen LogP) is -0.432. The maximum absolute atomic E-state index is 11.2. The van der Waals surface area contributed by atoms with Crippen molar-refractivity contribution in [2.75, 3.05) is 26.3 Å². The van der Waals surface area contributed by atoms with Crippen LogP contribution in [0, 0.1) is 5.92 Å². The minimum Gasteiger partial charge on any atom is -0.392 e. The van der Waals surface area contributed by atoms with E-state index < -0.39 is 11.8 Å². The zero-order valence-electron chi connectivity index (χ0n) is 10.8. The number of rotatable bonds is 8. The van der Waals surface area contributed by atoms with Gasteiger partial charge in [0.1, 0.15) is 0 Å². The molecule has 0 aliphatic carbocycles. The number of hydrogen-bond acceptors (Lipinski definition) is 4. The summed E-state index contributed by atoms with van der Waals surface area (Å²) in [4.78, 5) is 22.6. The van der Waals surface area contributed by atoms with E-state index in [1.54, 1.807) is 0 Å². The molecule has 0 aliphatic heterocycles. The maximum atomic E-state index is 11.2. The van der Waals surface area contributed by atoms with E-state index >= 15 is 0 Å².